The molecule has 42 heavy (non-hydrogen) atoms. The minimum Gasteiger partial charge on any atom is -0.147 e. The molecule has 0 bridgehead atoms. The smallest absolute Gasteiger partial charge is 0.147 e. The standard InChI is InChI=1S/C21H25.C9H7O.C8H8.2ClH.Zr/c1-20(2,3)16-9-7-14-11-15-8-10-17(21(4,5)6)13-19(15)18(14)12-16;1-2-4-8(3-1)9-5-6-10-7-9;1-2-8-6-4-3-5-7-8;;;/h7,9-10,12-13H,11H2,1-6H3;1,3,5-7H,2H2;3-7H,1H3;2*1H;. The van der Waals surface area contributed by atoms with E-state index in [2.05, 4.69) is 127 Å². The van der Waals surface area contributed by atoms with Gasteiger partial charge in [0.05, 0.1) is 0 Å². The molecule has 1 nitrogen and oxygen atoms in total. The molecule has 0 atom stereocenters. The van der Waals surface area contributed by atoms with Gasteiger partial charge in [-0.15, -0.1) is 24.8 Å². The third-order valence-corrected chi connectivity index (χ3v) is 16.3. The van der Waals surface area contributed by atoms with Gasteiger partial charge in [0.2, 0.25) is 0 Å². The van der Waals surface area contributed by atoms with Crippen molar-refractivity contribution in [3.8, 4) is 11.1 Å². The van der Waals surface area contributed by atoms with E-state index in [0.29, 0.717) is 0 Å². The second-order valence-corrected chi connectivity index (χ2v) is 20.0. The minimum absolute atomic E-state index is 0. The number of halogens is 2. The Balaban J connectivity index is 0.00000202. The molecule has 0 spiro atoms. The third kappa shape index (κ3) is 6.06. The van der Waals surface area contributed by atoms with Crippen LogP contribution in [-0.2, 0) is 38.5 Å². The third-order valence-electron chi connectivity index (χ3n) is 8.67. The zero-order valence-electron chi connectivity index (χ0n) is 25.8. The summed E-state index contributed by atoms with van der Waals surface area (Å²) in [4.78, 5) is 0. The largest absolute Gasteiger partial charge is 0.147 e. The van der Waals surface area contributed by atoms with Crippen LogP contribution in [0.25, 0.3) is 16.7 Å². The van der Waals surface area contributed by atoms with Gasteiger partial charge in [-0.25, -0.2) is 0 Å². The van der Waals surface area contributed by atoms with E-state index in [4.69, 9.17) is 4.42 Å². The van der Waals surface area contributed by atoms with Crippen molar-refractivity contribution in [3.05, 3.63) is 128 Å². The van der Waals surface area contributed by atoms with E-state index in [1.54, 1.807) is 15.3 Å². The first kappa shape index (κ1) is 32.7. The van der Waals surface area contributed by atoms with Gasteiger partial charge in [0.25, 0.3) is 0 Å². The summed E-state index contributed by atoms with van der Waals surface area (Å²) in [7, 11) is 0. The fourth-order valence-corrected chi connectivity index (χ4v) is 14.3. The SMILES string of the molecule is C/[C](c1ccccc1)=[Zr](\[C]1=C(c2ccoc2)C=CC1)[c]1cc(C(C)(C)C)cc2c1Cc1ccc(C(C)(C)C)cc1-2.Cl.Cl. The summed E-state index contributed by atoms with van der Waals surface area (Å²) in [5.41, 5.74) is 13.0. The zero-order valence-corrected chi connectivity index (χ0v) is 29.9. The molecule has 6 rings (SSSR count). The van der Waals surface area contributed by atoms with Crippen LogP contribution in [0.4, 0.5) is 0 Å². The Morgan fingerprint density at radius 1 is 0.786 bits per heavy atom. The second-order valence-electron chi connectivity index (χ2n) is 13.5. The van der Waals surface area contributed by atoms with E-state index in [1.807, 2.05) is 12.5 Å². The van der Waals surface area contributed by atoms with Crippen molar-refractivity contribution in [2.75, 3.05) is 0 Å². The van der Waals surface area contributed by atoms with Gasteiger partial charge in [-0.3, -0.25) is 0 Å². The molecule has 2 aliphatic rings. The zero-order chi connectivity index (χ0) is 28.2. The summed E-state index contributed by atoms with van der Waals surface area (Å²) < 4.78 is 10.5. The molecule has 0 aliphatic heterocycles. The number of allylic oxidation sites excluding steroid dienone is 4. The fraction of sp³-hybridized carbons (Fsp3) is 0.289. The van der Waals surface area contributed by atoms with Crippen LogP contribution in [0, 0.1) is 0 Å². The maximum absolute atomic E-state index is 5.57. The van der Waals surface area contributed by atoms with Gasteiger partial charge in [-0.1, -0.05) is 0 Å². The van der Waals surface area contributed by atoms with Crippen LogP contribution in [0.2, 0.25) is 0 Å². The molecule has 218 valence electrons. The predicted octanol–water partition coefficient (Wildman–Crippen LogP) is 10.1. The molecule has 0 radical (unpaired) electrons. The summed E-state index contributed by atoms with van der Waals surface area (Å²) in [6.07, 6.45) is 10.5. The van der Waals surface area contributed by atoms with Crippen LogP contribution < -0.4 is 3.27 Å². The van der Waals surface area contributed by atoms with E-state index < -0.39 is 21.3 Å². The van der Waals surface area contributed by atoms with Gasteiger partial charge in [0.1, 0.15) is 0 Å². The van der Waals surface area contributed by atoms with Crippen LogP contribution in [0.3, 0.4) is 0 Å². The van der Waals surface area contributed by atoms with Crippen LogP contribution in [0.15, 0.2) is 99.1 Å². The number of hydrogen-bond acceptors (Lipinski definition) is 1. The molecule has 4 aromatic rings. The van der Waals surface area contributed by atoms with Gasteiger partial charge in [0.15, 0.2) is 0 Å². The predicted molar refractivity (Wildman–Crippen MR) is 182 cm³/mol. The van der Waals surface area contributed by atoms with Crippen LogP contribution in [0.1, 0.15) is 88.3 Å². The molecule has 3 aromatic carbocycles. The topological polar surface area (TPSA) is 13.1 Å². The van der Waals surface area contributed by atoms with Crippen LogP contribution >= 0.6 is 24.8 Å². The molecule has 0 amide bonds. The number of furan rings is 1. The molecule has 2 aliphatic carbocycles. The Morgan fingerprint density at radius 2 is 1.48 bits per heavy atom. The molecule has 4 heteroatoms. The van der Waals surface area contributed by atoms with Crippen LogP contribution in [0.5, 0.6) is 0 Å². The van der Waals surface area contributed by atoms with Gasteiger partial charge >= 0.3 is 249 Å². The van der Waals surface area contributed by atoms with Gasteiger partial charge in [-0.2, -0.15) is 0 Å². The maximum atomic E-state index is 5.57. The van der Waals surface area contributed by atoms with E-state index in [0.717, 1.165) is 12.8 Å². The average Bonchev–Trinajstić information content (AvgIpc) is 3.67. The summed E-state index contributed by atoms with van der Waals surface area (Å²) in [6.45, 7) is 16.5. The number of hydrogen-bond donors (Lipinski definition) is 0. The van der Waals surface area contributed by atoms with Crippen molar-refractivity contribution in [2.24, 2.45) is 0 Å². The minimum atomic E-state index is -2.62. The van der Waals surface area contributed by atoms with Gasteiger partial charge < -0.3 is 0 Å². The van der Waals surface area contributed by atoms with E-state index in [9.17, 15) is 0 Å². The average molecular weight is 677 g/mol. The van der Waals surface area contributed by atoms with E-state index in [1.165, 1.54) is 44.5 Å². The Bertz CT molecular complexity index is 1690. The van der Waals surface area contributed by atoms with Gasteiger partial charge in [0, 0.05) is 0 Å². The van der Waals surface area contributed by atoms with Crippen molar-refractivity contribution in [3.63, 3.8) is 0 Å². The second kappa shape index (κ2) is 12.4. The van der Waals surface area contributed by atoms with Crippen molar-refractivity contribution in [1.82, 2.24) is 0 Å². The monoisotopic (exact) mass is 674 g/mol. The number of fused-ring (bicyclic) bond motifs is 3. The molecule has 0 saturated carbocycles. The van der Waals surface area contributed by atoms with Crippen LogP contribution in [-0.4, -0.2) is 3.21 Å². The first-order valence-corrected chi connectivity index (χ1v) is 18.2. The molecule has 0 saturated heterocycles. The number of rotatable bonds is 4. The van der Waals surface area contributed by atoms with Crippen molar-refractivity contribution < 1.29 is 25.7 Å². The maximum Gasteiger partial charge on any atom is -0.147 e. The molecular formula is C38H42Cl2OZr. The molecule has 0 N–H and O–H groups in total. The van der Waals surface area contributed by atoms with Crippen molar-refractivity contribution >= 4 is 36.9 Å². The fourth-order valence-electron chi connectivity index (χ4n) is 6.25. The Kier molecular flexibility index (Phi) is 9.64. The van der Waals surface area contributed by atoms with E-state index >= 15 is 0 Å². The normalized spacial score (nSPS) is 14.6. The van der Waals surface area contributed by atoms with Crippen molar-refractivity contribution in [1.29, 1.82) is 0 Å². The Hall–Kier alpha value is -2.25. The molecule has 1 aromatic heterocycles. The molecular weight excluding hydrogens is 635 g/mol. The number of benzene rings is 3. The van der Waals surface area contributed by atoms with E-state index in [-0.39, 0.29) is 35.6 Å². The Labute approximate surface area is 272 Å². The first-order valence-electron chi connectivity index (χ1n) is 14.5. The van der Waals surface area contributed by atoms with Crippen molar-refractivity contribution in [2.45, 2.75) is 72.1 Å². The summed E-state index contributed by atoms with van der Waals surface area (Å²) >= 11 is -2.62. The molecule has 1 heterocycles. The summed E-state index contributed by atoms with van der Waals surface area (Å²) in [6, 6.07) is 25.7. The quantitative estimate of drug-likeness (QED) is 0.185. The Morgan fingerprint density at radius 3 is 2.12 bits per heavy atom. The first-order chi connectivity index (χ1) is 19.0. The van der Waals surface area contributed by atoms with Gasteiger partial charge in [-0.05, 0) is 0 Å². The molecule has 0 fully saturated rings. The summed E-state index contributed by atoms with van der Waals surface area (Å²) in [5, 5.41) is 0. The molecule has 0 unspecified atom stereocenters. The summed E-state index contributed by atoms with van der Waals surface area (Å²) in [5.74, 6) is 0.